The third-order valence-electron chi connectivity index (χ3n) is 2.88. The lowest BCUT2D eigenvalue weighted by atomic mass is 10.2. The lowest BCUT2D eigenvalue weighted by Crippen LogP contribution is -2.11. The molecule has 22 heavy (non-hydrogen) atoms. The smallest absolute Gasteiger partial charge is 0.437 e. The van der Waals surface area contributed by atoms with Crippen LogP contribution < -0.4 is 10.1 Å². The SMILES string of the molecule is COC(=O)Oc1c(Nc2ccccc2[N+](=O)[O-])c(C)nn1C. The van der Waals surface area contributed by atoms with Crippen LogP contribution in [0.5, 0.6) is 5.88 Å². The highest BCUT2D eigenvalue weighted by Gasteiger charge is 2.21. The molecule has 0 aliphatic rings. The molecule has 0 bridgehead atoms. The van der Waals surface area contributed by atoms with Gasteiger partial charge in [0.05, 0.1) is 17.7 Å². The molecule has 2 aromatic rings. The predicted molar refractivity (Wildman–Crippen MR) is 77.4 cm³/mol. The number of aryl methyl sites for hydroxylation is 2. The Morgan fingerprint density at radius 2 is 2.09 bits per heavy atom. The molecule has 2 rings (SSSR count). The molecule has 1 aromatic heterocycles. The topological polar surface area (TPSA) is 109 Å². The van der Waals surface area contributed by atoms with Crippen molar-refractivity contribution in [1.82, 2.24) is 9.78 Å². The van der Waals surface area contributed by atoms with Gasteiger partial charge in [0.1, 0.15) is 11.4 Å². The Hall–Kier alpha value is -3.10. The van der Waals surface area contributed by atoms with Crippen molar-refractivity contribution in [3.05, 3.63) is 40.1 Å². The first kappa shape index (κ1) is 15.3. The van der Waals surface area contributed by atoms with Crippen LogP contribution in [0.2, 0.25) is 0 Å². The Labute approximate surface area is 125 Å². The zero-order valence-corrected chi connectivity index (χ0v) is 12.2. The Balaban J connectivity index is 2.42. The van der Waals surface area contributed by atoms with Crippen LogP contribution in [0.3, 0.4) is 0 Å². The summed E-state index contributed by atoms with van der Waals surface area (Å²) in [5.74, 6) is 0.0995. The van der Waals surface area contributed by atoms with Crippen LogP contribution in [0.1, 0.15) is 5.69 Å². The van der Waals surface area contributed by atoms with Crippen LogP contribution in [0.15, 0.2) is 24.3 Å². The van der Waals surface area contributed by atoms with Gasteiger partial charge in [-0.1, -0.05) is 12.1 Å². The van der Waals surface area contributed by atoms with Gasteiger partial charge in [-0.3, -0.25) is 10.1 Å². The number of nitro benzene ring substituents is 1. The molecule has 0 saturated carbocycles. The largest absolute Gasteiger partial charge is 0.514 e. The number of aromatic nitrogens is 2. The Bertz CT molecular complexity index is 725. The quantitative estimate of drug-likeness (QED) is 0.525. The van der Waals surface area contributed by atoms with Gasteiger partial charge < -0.3 is 14.8 Å². The van der Waals surface area contributed by atoms with Gasteiger partial charge in [0.2, 0.25) is 5.88 Å². The van der Waals surface area contributed by atoms with E-state index in [1.54, 1.807) is 32.2 Å². The Morgan fingerprint density at radius 1 is 1.41 bits per heavy atom. The molecule has 9 heteroatoms. The highest BCUT2D eigenvalue weighted by atomic mass is 16.7. The minimum atomic E-state index is -0.909. The molecule has 1 heterocycles. The second kappa shape index (κ2) is 6.12. The monoisotopic (exact) mass is 306 g/mol. The number of carbonyl (C=O) groups is 1. The summed E-state index contributed by atoms with van der Waals surface area (Å²) in [4.78, 5) is 21.8. The molecule has 0 fully saturated rings. The third-order valence-corrected chi connectivity index (χ3v) is 2.88. The zero-order valence-electron chi connectivity index (χ0n) is 12.2. The number of rotatable bonds is 4. The van der Waals surface area contributed by atoms with Crippen molar-refractivity contribution in [3.8, 4) is 5.88 Å². The number of ether oxygens (including phenoxy) is 2. The molecule has 0 atom stereocenters. The van der Waals surface area contributed by atoms with E-state index >= 15 is 0 Å². The molecule has 9 nitrogen and oxygen atoms in total. The number of hydrogen-bond acceptors (Lipinski definition) is 7. The number of para-hydroxylation sites is 2. The van der Waals surface area contributed by atoms with E-state index in [0.29, 0.717) is 11.4 Å². The van der Waals surface area contributed by atoms with Crippen molar-refractivity contribution >= 4 is 23.2 Å². The van der Waals surface area contributed by atoms with Gasteiger partial charge in [-0.25, -0.2) is 9.48 Å². The molecule has 0 aliphatic heterocycles. The van der Waals surface area contributed by atoms with E-state index in [1.807, 2.05) is 0 Å². The average molecular weight is 306 g/mol. The maximum Gasteiger partial charge on any atom is 0.514 e. The summed E-state index contributed by atoms with van der Waals surface area (Å²) in [5, 5.41) is 18.1. The van der Waals surface area contributed by atoms with E-state index < -0.39 is 11.1 Å². The molecule has 1 N–H and O–H groups in total. The fourth-order valence-electron chi connectivity index (χ4n) is 1.89. The number of hydrogen-bond donors (Lipinski definition) is 1. The summed E-state index contributed by atoms with van der Waals surface area (Å²) in [6.07, 6.45) is -0.909. The average Bonchev–Trinajstić information content (AvgIpc) is 2.74. The van der Waals surface area contributed by atoms with Crippen molar-refractivity contribution < 1.29 is 19.2 Å². The normalized spacial score (nSPS) is 10.1. The van der Waals surface area contributed by atoms with Crippen molar-refractivity contribution in [2.24, 2.45) is 7.05 Å². The van der Waals surface area contributed by atoms with Crippen LogP contribution in [-0.4, -0.2) is 28.0 Å². The molecule has 0 amide bonds. The van der Waals surface area contributed by atoms with Crippen LogP contribution in [0.4, 0.5) is 21.9 Å². The van der Waals surface area contributed by atoms with Crippen molar-refractivity contribution in [2.75, 3.05) is 12.4 Å². The number of benzene rings is 1. The zero-order chi connectivity index (χ0) is 16.3. The first-order valence-electron chi connectivity index (χ1n) is 6.24. The lowest BCUT2D eigenvalue weighted by Gasteiger charge is -2.09. The van der Waals surface area contributed by atoms with E-state index in [1.165, 1.54) is 17.9 Å². The molecule has 0 radical (unpaired) electrons. The second-order valence-electron chi connectivity index (χ2n) is 4.34. The second-order valence-corrected chi connectivity index (χ2v) is 4.34. The van der Waals surface area contributed by atoms with Crippen molar-refractivity contribution in [2.45, 2.75) is 6.92 Å². The van der Waals surface area contributed by atoms with Gasteiger partial charge in [0.15, 0.2) is 0 Å². The van der Waals surface area contributed by atoms with E-state index in [0.717, 1.165) is 0 Å². The van der Waals surface area contributed by atoms with Gasteiger partial charge >= 0.3 is 6.16 Å². The van der Waals surface area contributed by atoms with Gasteiger partial charge in [0, 0.05) is 13.1 Å². The first-order chi connectivity index (χ1) is 10.4. The fraction of sp³-hybridized carbons (Fsp3) is 0.231. The number of nitrogens with zero attached hydrogens (tertiary/aromatic N) is 3. The Morgan fingerprint density at radius 3 is 2.73 bits per heavy atom. The molecule has 0 saturated heterocycles. The summed E-state index contributed by atoms with van der Waals surface area (Å²) in [5.41, 5.74) is 1.02. The maximum absolute atomic E-state index is 11.3. The summed E-state index contributed by atoms with van der Waals surface area (Å²) in [6, 6.07) is 6.13. The molecule has 0 spiro atoms. The van der Waals surface area contributed by atoms with E-state index in [4.69, 9.17) is 4.74 Å². The van der Waals surface area contributed by atoms with Crippen molar-refractivity contribution in [3.63, 3.8) is 0 Å². The van der Waals surface area contributed by atoms with E-state index in [-0.39, 0.29) is 17.3 Å². The van der Waals surface area contributed by atoms with E-state index in [9.17, 15) is 14.9 Å². The Kier molecular flexibility index (Phi) is 4.25. The van der Waals surface area contributed by atoms with Gasteiger partial charge in [-0.15, -0.1) is 0 Å². The number of nitrogens with one attached hydrogen (secondary N) is 1. The maximum atomic E-state index is 11.3. The molecular weight excluding hydrogens is 292 g/mol. The van der Waals surface area contributed by atoms with Crippen LogP contribution >= 0.6 is 0 Å². The van der Waals surface area contributed by atoms with Crippen LogP contribution in [-0.2, 0) is 11.8 Å². The highest BCUT2D eigenvalue weighted by Crippen LogP contribution is 2.34. The minimum Gasteiger partial charge on any atom is -0.437 e. The molecule has 116 valence electrons. The summed E-state index contributed by atoms with van der Waals surface area (Å²) in [7, 11) is 2.76. The van der Waals surface area contributed by atoms with Gasteiger partial charge in [-0.05, 0) is 13.0 Å². The fourth-order valence-corrected chi connectivity index (χ4v) is 1.89. The minimum absolute atomic E-state index is 0.0995. The lowest BCUT2D eigenvalue weighted by molar-refractivity contribution is -0.383. The summed E-state index contributed by atoms with van der Waals surface area (Å²) < 4.78 is 10.8. The summed E-state index contributed by atoms with van der Waals surface area (Å²) >= 11 is 0. The molecular formula is C13H14N4O5. The van der Waals surface area contributed by atoms with Crippen molar-refractivity contribution in [1.29, 1.82) is 0 Å². The van der Waals surface area contributed by atoms with E-state index in [2.05, 4.69) is 15.2 Å². The number of methoxy groups -OCH3 is 1. The van der Waals surface area contributed by atoms with Gasteiger partial charge in [0.25, 0.3) is 5.69 Å². The number of nitro groups is 1. The van der Waals surface area contributed by atoms with Crippen LogP contribution in [0.25, 0.3) is 0 Å². The summed E-state index contributed by atoms with van der Waals surface area (Å²) in [6.45, 7) is 1.68. The van der Waals surface area contributed by atoms with Gasteiger partial charge in [-0.2, -0.15) is 5.10 Å². The highest BCUT2D eigenvalue weighted by molar-refractivity contribution is 5.75. The predicted octanol–water partition coefficient (Wildman–Crippen LogP) is 2.53. The standard InChI is InChI=1S/C13H14N4O5/c1-8-11(12(16(2)15-8)22-13(18)21-3)14-9-6-4-5-7-10(9)17(19)20/h4-7,14H,1-3H3. The van der Waals surface area contributed by atoms with Crippen LogP contribution in [0, 0.1) is 17.0 Å². The first-order valence-corrected chi connectivity index (χ1v) is 6.24. The molecule has 0 unspecified atom stereocenters. The third kappa shape index (κ3) is 2.97. The number of carbonyl (C=O) groups excluding carboxylic acids is 1. The number of anilines is 2. The molecule has 0 aliphatic carbocycles. The molecule has 1 aromatic carbocycles.